The van der Waals surface area contributed by atoms with E-state index in [4.69, 9.17) is 4.74 Å². The highest BCUT2D eigenvalue weighted by Crippen LogP contribution is 2.51. The van der Waals surface area contributed by atoms with Crippen molar-refractivity contribution in [1.29, 1.82) is 0 Å². The van der Waals surface area contributed by atoms with Crippen LogP contribution in [-0.2, 0) is 29.1 Å². The van der Waals surface area contributed by atoms with Crippen LogP contribution in [0.1, 0.15) is 26.7 Å². The van der Waals surface area contributed by atoms with Crippen molar-refractivity contribution >= 4 is 27.4 Å². The van der Waals surface area contributed by atoms with Crippen LogP contribution < -0.4 is 0 Å². The van der Waals surface area contributed by atoms with Crippen molar-refractivity contribution in [3.63, 3.8) is 0 Å². The molecule has 2 aliphatic rings. The van der Waals surface area contributed by atoms with E-state index in [1.54, 1.807) is 0 Å². The van der Waals surface area contributed by atoms with Gasteiger partial charge in [-0.15, -0.1) is 0 Å². The van der Waals surface area contributed by atoms with E-state index in [1.807, 2.05) is 0 Å². The maximum Gasteiger partial charge on any atom is 0.516 e. The second-order valence-electron chi connectivity index (χ2n) is 6.01. The fraction of sp³-hybridized carbons (Fsp3) is 0.643. The number of ketones is 3. The van der Waals surface area contributed by atoms with Gasteiger partial charge in [-0.3, -0.25) is 18.7 Å². The zero-order valence-corrected chi connectivity index (χ0v) is 14.4. The van der Waals surface area contributed by atoms with Crippen LogP contribution in [-0.4, -0.2) is 54.8 Å². The van der Waals surface area contributed by atoms with Gasteiger partial charge in [0, 0.05) is 26.9 Å². The van der Waals surface area contributed by atoms with Crippen LogP contribution in [0.4, 0.5) is 13.2 Å². The van der Waals surface area contributed by atoms with Crippen molar-refractivity contribution < 1.29 is 40.7 Å². The van der Waals surface area contributed by atoms with Crippen molar-refractivity contribution in [2.45, 2.75) is 44.3 Å². The Balaban J connectivity index is 2.79. The third kappa shape index (κ3) is 2.69. The molecule has 1 heterocycles. The Kier molecular flexibility index (Phi) is 4.62. The minimum atomic E-state index is -5.98. The minimum absolute atomic E-state index is 0.125. The van der Waals surface area contributed by atoms with Gasteiger partial charge in [0.15, 0.2) is 5.78 Å². The summed E-state index contributed by atoms with van der Waals surface area (Å²) in [5.74, 6) is -2.21. The van der Waals surface area contributed by atoms with E-state index < -0.39 is 62.6 Å². The first-order chi connectivity index (χ1) is 11.3. The molecule has 0 aromatic carbocycles. The third-order valence-electron chi connectivity index (χ3n) is 4.62. The van der Waals surface area contributed by atoms with Gasteiger partial charge >= 0.3 is 15.5 Å². The number of alkyl halides is 3. The van der Waals surface area contributed by atoms with Crippen LogP contribution in [0.5, 0.6) is 0 Å². The molecule has 11 heteroatoms. The number of Topliss-reactive ketones (excluding diaryl/α,β-unsaturated/α-hetero) is 3. The van der Waals surface area contributed by atoms with E-state index in [-0.39, 0.29) is 10.7 Å². The molecule has 0 aromatic heterocycles. The van der Waals surface area contributed by atoms with Crippen LogP contribution in [0.3, 0.4) is 0 Å². The number of fused-ring (bicyclic) bond motifs is 1. The standard InChI is InChI=1S/C14H16F3NO6S/c1-7(19)10-6-13(8(2)20)11(4-9(21)5-12(13)24-3)18(10)25(22,23)14(15,16)17/h6,11-12H,4-5H2,1-3H3/t11-,12-,13+/m0/s1. The molecule has 2 rings (SSSR count). The molecule has 0 aromatic rings. The molecule has 1 aliphatic heterocycles. The topological polar surface area (TPSA) is 97.8 Å². The number of hydrogen-bond acceptors (Lipinski definition) is 6. The molecule has 3 atom stereocenters. The number of methoxy groups -OCH3 is 1. The predicted molar refractivity (Wildman–Crippen MR) is 77.5 cm³/mol. The molecule has 25 heavy (non-hydrogen) atoms. The summed E-state index contributed by atoms with van der Waals surface area (Å²) in [6.45, 7) is 1.95. The van der Waals surface area contributed by atoms with Crippen molar-refractivity contribution in [2.75, 3.05) is 7.11 Å². The molecule has 0 unspecified atom stereocenters. The van der Waals surface area contributed by atoms with Gasteiger partial charge in [-0.2, -0.15) is 21.6 Å². The summed E-state index contributed by atoms with van der Waals surface area (Å²) >= 11 is 0. The molecule has 7 nitrogen and oxygen atoms in total. The summed E-state index contributed by atoms with van der Waals surface area (Å²) in [7, 11) is -4.82. The predicted octanol–water partition coefficient (Wildman–Crippen LogP) is 0.946. The summed E-state index contributed by atoms with van der Waals surface area (Å²) in [6, 6.07) is -1.69. The Morgan fingerprint density at radius 1 is 1.28 bits per heavy atom. The normalized spacial score (nSPS) is 30.1. The lowest BCUT2D eigenvalue weighted by Crippen LogP contribution is -2.59. The summed E-state index contributed by atoms with van der Waals surface area (Å²) in [6.07, 6.45) is -1.15. The molecule has 1 saturated carbocycles. The highest BCUT2D eigenvalue weighted by atomic mass is 32.2. The lowest BCUT2D eigenvalue weighted by atomic mass is 9.66. The lowest BCUT2D eigenvalue weighted by molar-refractivity contribution is -0.144. The first-order valence-electron chi connectivity index (χ1n) is 7.20. The van der Waals surface area contributed by atoms with Gasteiger partial charge in [0.2, 0.25) is 0 Å². The summed E-state index contributed by atoms with van der Waals surface area (Å²) < 4.78 is 68.4. The molecule has 0 bridgehead atoms. The monoisotopic (exact) mass is 383 g/mol. The SMILES string of the molecule is CO[C@H]1CC(=O)C[C@@H]2N(S(=O)(=O)C(F)(F)F)C(C(C)=O)=C[C@]12C(C)=O. The van der Waals surface area contributed by atoms with Crippen molar-refractivity contribution in [2.24, 2.45) is 5.41 Å². The second kappa shape index (κ2) is 5.90. The van der Waals surface area contributed by atoms with Crippen LogP contribution in [0.15, 0.2) is 11.8 Å². The number of nitrogens with zero attached hydrogens (tertiary/aromatic N) is 1. The Bertz CT molecular complexity index is 772. The molecule has 1 aliphatic carbocycles. The fourth-order valence-electron chi connectivity index (χ4n) is 3.49. The summed E-state index contributed by atoms with van der Waals surface area (Å²) in [5.41, 5.74) is -8.31. The highest BCUT2D eigenvalue weighted by Gasteiger charge is 2.65. The molecule has 0 spiro atoms. The number of hydrogen-bond donors (Lipinski definition) is 0. The van der Waals surface area contributed by atoms with E-state index in [2.05, 4.69) is 0 Å². The molecule has 1 fully saturated rings. The van der Waals surface area contributed by atoms with Gasteiger partial charge in [0.05, 0.1) is 23.3 Å². The molecule has 0 amide bonds. The number of allylic oxidation sites excluding steroid dienone is 1. The van der Waals surface area contributed by atoms with Crippen molar-refractivity contribution in [3.8, 4) is 0 Å². The Morgan fingerprint density at radius 2 is 1.84 bits per heavy atom. The maximum atomic E-state index is 13.1. The molecular formula is C14H16F3NO6S. The van der Waals surface area contributed by atoms with Gasteiger partial charge < -0.3 is 4.74 Å². The van der Waals surface area contributed by atoms with E-state index in [1.165, 1.54) is 0 Å². The van der Waals surface area contributed by atoms with Gasteiger partial charge in [-0.05, 0) is 13.0 Å². The molecule has 0 N–H and O–H groups in total. The molecular weight excluding hydrogens is 367 g/mol. The number of sulfonamides is 1. The van der Waals surface area contributed by atoms with Gasteiger partial charge in [0.25, 0.3) is 0 Å². The van der Waals surface area contributed by atoms with Gasteiger partial charge in [-0.25, -0.2) is 0 Å². The third-order valence-corrected chi connectivity index (χ3v) is 6.17. The van der Waals surface area contributed by atoms with Crippen molar-refractivity contribution in [3.05, 3.63) is 11.8 Å². The van der Waals surface area contributed by atoms with Crippen LogP contribution in [0.2, 0.25) is 0 Å². The van der Waals surface area contributed by atoms with Gasteiger partial charge in [0.1, 0.15) is 11.6 Å². The largest absolute Gasteiger partial charge is 0.516 e. The Labute approximate surface area is 141 Å². The second-order valence-corrected chi connectivity index (χ2v) is 7.82. The van der Waals surface area contributed by atoms with Crippen molar-refractivity contribution in [1.82, 2.24) is 4.31 Å². The average molecular weight is 383 g/mol. The van der Waals surface area contributed by atoms with E-state index >= 15 is 0 Å². The first kappa shape index (κ1) is 19.6. The summed E-state index contributed by atoms with van der Waals surface area (Å²) in [4.78, 5) is 36.1. The van der Waals surface area contributed by atoms with Crippen LogP contribution in [0, 0.1) is 5.41 Å². The molecule has 0 saturated heterocycles. The Hall–Kier alpha value is -1.75. The fourth-order valence-corrected chi connectivity index (χ4v) is 4.74. The number of carbonyl (C=O) groups excluding carboxylic acids is 3. The van der Waals surface area contributed by atoms with Crippen LogP contribution in [0.25, 0.3) is 0 Å². The Morgan fingerprint density at radius 3 is 2.24 bits per heavy atom. The van der Waals surface area contributed by atoms with Crippen LogP contribution >= 0.6 is 0 Å². The number of rotatable bonds is 4. The lowest BCUT2D eigenvalue weighted by Gasteiger charge is -2.44. The van der Waals surface area contributed by atoms with Gasteiger partial charge in [-0.1, -0.05) is 0 Å². The molecule has 140 valence electrons. The zero-order valence-electron chi connectivity index (χ0n) is 13.6. The quantitative estimate of drug-likeness (QED) is 0.717. The van der Waals surface area contributed by atoms with E-state index in [9.17, 15) is 36.0 Å². The summed E-state index contributed by atoms with van der Waals surface area (Å²) in [5, 5.41) is 0. The van der Waals surface area contributed by atoms with E-state index in [0.717, 1.165) is 27.0 Å². The maximum absolute atomic E-state index is 13.1. The first-order valence-corrected chi connectivity index (χ1v) is 8.64. The highest BCUT2D eigenvalue weighted by molar-refractivity contribution is 7.90. The van der Waals surface area contributed by atoms with E-state index in [0.29, 0.717) is 0 Å². The minimum Gasteiger partial charge on any atom is -0.380 e. The smallest absolute Gasteiger partial charge is 0.380 e. The number of ether oxygens (including phenoxy) is 1. The average Bonchev–Trinajstić information content (AvgIpc) is 2.81. The number of carbonyl (C=O) groups is 3. The number of halogens is 3. The molecule has 0 radical (unpaired) electrons. The zero-order chi connectivity index (χ0) is 19.4.